The molecule has 0 bridgehead atoms. The van der Waals surface area contributed by atoms with Crippen molar-refractivity contribution in [3.05, 3.63) is 22.5 Å². The average molecular weight is 258 g/mol. The molecular formula is C12H13ClFNO2. The first-order chi connectivity index (χ1) is 8.27. The second-order valence-corrected chi connectivity index (χ2v) is 4.67. The molecule has 1 aromatic rings. The SMILES string of the molecule is Fc1c(Cl)cc2c(c1C1CCCN1)OCCO2. The first kappa shape index (κ1) is 11.1. The van der Waals surface area contributed by atoms with Crippen LogP contribution in [-0.2, 0) is 0 Å². The molecule has 2 heterocycles. The van der Waals surface area contributed by atoms with E-state index in [2.05, 4.69) is 5.32 Å². The van der Waals surface area contributed by atoms with E-state index < -0.39 is 5.82 Å². The highest BCUT2D eigenvalue weighted by Gasteiger charge is 2.29. The molecule has 0 amide bonds. The Labute approximate surface area is 104 Å². The van der Waals surface area contributed by atoms with Crippen LogP contribution in [0.15, 0.2) is 6.07 Å². The van der Waals surface area contributed by atoms with E-state index in [9.17, 15) is 4.39 Å². The largest absolute Gasteiger partial charge is 0.486 e. The van der Waals surface area contributed by atoms with Crippen LogP contribution in [0, 0.1) is 5.82 Å². The van der Waals surface area contributed by atoms with Gasteiger partial charge in [-0.05, 0) is 19.4 Å². The lowest BCUT2D eigenvalue weighted by Gasteiger charge is -2.24. The molecule has 0 radical (unpaired) electrons. The predicted molar refractivity (Wildman–Crippen MR) is 62.4 cm³/mol. The molecule has 0 aromatic heterocycles. The highest BCUT2D eigenvalue weighted by Crippen LogP contribution is 2.43. The molecule has 0 saturated carbocycles. The van der Waals surface area contributed by atoms with Gasteiger partial charge < -0.3 is 14.8 Å². The summed E-state index contributed by atoms with van der Waals surface area (Å²) in [6, 6.07) is 1.47. The Bertz CT molecular complexity index is 447. The lowest BCUT2D eigenvalue weighted by molar-refractivity contribution is 0.167. The van der Waals surface area contributed by atoms with Crippen molar-refractivity contribution >= 4 is 11.6 Å². The molecule has 5 heteroatoms. The molecule has 1 N–H and O–H groups in total. The summed E-state index contributed by atoms with van der Waals surface area (Å²) in [5.41, 5.74) is 0.518. The molecule has 2 aliphatic rings. The van der Waals surface area contributed by atoms with Crippen molar-refractivity contribution in [2.75, 3.05) is 19.8 Å². The Morgan fingerprint density at radius 3 is 2.94 bits per heavy atom. The van der Waals surface area contributed by atoms with Crippen molar-refractivity contribution in [3.8, 4) is 11.5 Å². The molecule has 1 saturated heterocycles. The van der Waals surface area contributed by atoms with Gasteiger partial charge in [-0.1, -0.05) is 11.6 Å². The Balaban J connectivity index is 2.12. The molecule has 0 spiro atoms. The minimum atomic E-state index is -0.393. The molecule has 1 aromatic carbocycles. The van der Waals surface area contributed by atoms with Gasteiger partial charge in [0.1, 0.15) is 13.2 Å². The zero-order chi connectivity index (χ0) is 11.8. The van der Waals surface area contributed by atoms with E-state index in [4.69, 9.17) is 21.1 Å². The first-order valence-electron chi connectivity index (χ1n) is 5.78. The van der Waals surface area contributed by atoms with E-state index >= 15 is 0 Å². The summed E-state index contributed by atoms with van der Waals surface area (Å²) in [5, 5.41) is 3.35. The number of fused-ring (bicyclic) bond motifs is 1. The second kappa shape index (κ2) is 4.35. The van der Waals surface area contributed by atoms with Crippen molar-refractivity contribution in [2.24, 2.45) is 0 Å². The monoisotopic (exact) mass is 257 g/mol. The predicted octanol–water partition coefficient (Wildman–Crippen LogP) is 2.67. The van der Waals surface area contributed by atoms with E-state index in [1.165, 1.54) is 6.07 Å². The Hall–Kier alpha value is -1.00. The molecule has 1 unspecified atom stereocenters. The summed E-state index contributed by atoms with van der Waals surface area (Å²) in [7, 11) is 0. The van der Waals surface area contributed by atoms with Crippen LogP contribution in [-0.4, -0.2) is 19.8 Å². The zero-order valence-electron chi connectivity index (χ0n) is 9.26. The van der Waals surface area contributed by atoms with Gasteiger partial charge in [0.25, 0.3) is 0 Å². The average Bonchev–Trinajstić information content (AvgIpc) is 2.84. The lowest BCUT2D eigenvalue weighted by Crippen LogP contribution is -2.21. The van der Waals surface area contributed by atoms with Crippen molar-refractivity contribution in [3.63, 3.8) is 0 Å². The van der Waals surface area contributed by atoms with E-state index in [1.807, 2.05) is 0 Å². The van der Waals surface area contributed by atoms with Gasteiger partial charge in [0.2, 0.25) is 0 Å². The normalized spacial score (nSPS) is 22.8. The molecule has 92 valence electrons. The Kier molecular flexibility index (Phi) is 2.84. The smallest absolute Gasteiger partial charge is 0.169 e. The van der Waals surface area contributed by atoms with Crippen LogP contribution in [0.2, 0.25) is 5.02 Å². The Morgan fingerprint density at radius 1 is 1.35 bits per heavy atom. The topological polar surface area (TPSA) is 30.5 Å². The van der Waals surface area contributed by atoms with Gasteiger partial charge in [0.15, 0.2) is 17.3 Å². The van der Waals surface area contributed by atoms with Crippen LogP contribution in [0.25, 0.3) is 0 Å². The quantitative estimate of drug-likeness (QED) is 0.839. The second-order valence-electron chi connectivity index (χ2n) is 4.26. The molecule has 1 atom stereocenters. The van der Waals surface area contributed by atoms with Gasteiger partial charge in [-0.25, -0.2) is 4.39 Å². The molecule has 2 aliphatic heterocycles. The standard InChI is InChI=1S/C12H13ClFNO2/c13-7-6-9-12(17-5-4-16-9)10(11(7)14)8-2-1-3-15-8/h6,8,15H,1-5H2. The Morgan fingerprint density at radius 2 is 2.18 bits per heavy atom. The third-order valence-electron chi connectivity index (χ3n) is 3.17. The number of halogens is 2. The summed E-state index contributed by atoms with van der Waals surface area (Å²) in [6.45, 7) is 1.83. The molecule has 0 aliphatic carbocycles. The maximum Gasteiger partial charge on any atom is 0.169 e. The van der Waals surface area contributed by atoms with Crippen molar-refractivity contribution in [1.82, 2.24) is 5.32 Å². The molecule has 17 heavy (non-hydrogen) atoms. The van der Waals surface area contributed by atoms with Crippen LogP contribution >= 0.6 is 11.6 Å². The van der Waals surface area contributed by atoms with Gasteiger partial charge in [0.05, 0.1) is 10.6 Å². The van der Waals surface area contributed by atoms with Crippen LogP contribution < -0.4 is 14.8 Å². The fraction of sp³-hybridized carbons (Fsp3) is 0.500. The maximum absolute atomic E-state index is 14.1. The number of ether oxygens (including phenoxy) is 2. The van der Waals surface area contributed by atoms with Gasteiger partial charge in [-0.2, -0.15) is 0 Å². The van der Waals surface area contributed by atoms with Crippen LogP contribution in [0.3, 0.4) is 0 Å². The summed E-state index contributed by atoms with van der Waals surface area (Å²) in [4.78, 5) is 0. The maximum atomic E-state index is 14.1. The lowest BCUT2D eigenvalue weighted by atomic mass is 10.0. The van der Waals surface area contributed by atoms with Crippen LogP contribution in [0.4, 0.5) is 4.39 Å². The number of hydrogen-bond acceptors (Lipinski definition) is 3. The fourth-order valence-corrected chi connectivity index (χ4v) is 2.60. The van der Waals surface area contributed by atoms with Gasteiger partial charge in [0, 0.05) is 12.1 Å². The third kappa shape index (κ3) is 1.85. The van der Waals surface area contributed by atoms with Gasteiger partial charge in [-0.3, -0.25) is 0 Å². The number of benzene rings is 1. The van der Waals surface area contributed by atoms with Gasteiger partial charge in [-0.15, -0.1) is 0 Å². The summed E-state index contributed by atoms with van der Waals surface area (Å²) < 4.78 is 25.1. The number of rotatable bonds is 1. The third-order valence-corrected chi connectivity index (χ3v) is 3.44. The molecule has 3 nitrogen and oxygen atoms in total. The molecule has 1 fully saturated rings. The first-order valence-corrected chi connectivity index (χ1v) is 6.16. The fourth-order valence-electron chi connectivity index (χ4n) is 2.40. The van der Waals surface area contributed by atoms with Crippen molar-refractivity contribution in [2.45, 2.75) is 18.9 Å². The van der Waals surface area contributed by atoms with Gasteiger partial charge >= 0.3 is 0 Å². The summed E-state index contributed by atoms with van der Waals surface area (Å²) >= 11 is 5.89. The summed E-state index contributed by atoms with van der Waals surface area (Å²) in [6.07, 6.45) is 1.93. The van der Waals surface area contributed by atoms with E-state index in [0.717, 1.165) is 19.4 Å². The van der Waals surface area contributed by atoms with Crippen molar-refractivity contribution < 1.29 is 13.9 Å². The van der Waals surface area contributed by atoms with Crippen LogP contribution in [0.1, 0.15) is 24.4 Å². The molecular weight excluding hydrogens is 245 g/mol. The minimum absolute atomic E-state index is 0.0239. The number of nitrogens with one attached hydrogen (secondary N) is 1. The number of hydrogen-bond donors (Lipinski definition) is 1. The zero-order valence-corrected chi connectivity index (χ0v) is 10.0. The highest BCUT2D eigenvalue weighted by atomic mass is 35.5. The van der Waals surface area contributed by atoms with E-state index in [0.29, 0.717) is 30.3 Å². The van der Waals surface area contributed by atoms with E-state index in [1.54, 1.807) is 0 Å². The van der Waals surface area contributed by atoms with E-state index in [-0.39, 0.29) is 11.1 Å². The highest BCUT2D eigenvalue weighted by molar-refractivity contribution is 6.31. The van der Waals surface area contributed by atoms with Crippen molar-refractivity contribution in [1.29, 1.82) is 0 Å². The summed E-state index contributed by atoms with van der Waals surface area (Å²) in [5.74, 6) is 0.666. The minimum Gasteiger partial charge on any atom is -0.486 e. The van der Waals surface area contributed by atoms with Crippen LogP contribution in [0.5, 0.6) is 11.5 Å². The molecule has 3 rings (SSSR count).